The number of anilines is 1. The fraction of sp³-hybridized carbons (Fsp3) is 0.267. The van der Waals surface area contributed by atoms with E-state index in [1.54, 1.807) is 17.5 Å². The number of hydrogen-bond donors (Lipinski definition) is 1. The van der Waals surface area contributed by atoms with E-state index in [9.17, 15) is 0 Å². The molecule has 6 heteroatoms. The molecule has 0 saturated carbocycles. The maximum Gasteiger partial charge on any atom is 0.150 e. The van der Waals surface area contributed by atoms with Gasteiger partial charge in [-0.15, -0.1) is 11.3 Å². The van der Waals surface area contributed by atoms with E-state index in [1.807, 2.05) is 24.7 Å². The SMILES string of the molecule is CCCNc1cnc(Cn2ccnc2-c2cccs2)cn1. The molecule has 0 atom stereocenters. The van der Waals surface area contributed by atoms with E-state index in [4.69, 9.17) is 0 Å². The molecule has 3 aromatic heterocycles. The summed E-state index contributed by atoms with van der Waals surface area (Å²) in [5.74, 6) is 1.80. The van der Waals surface area contributed by atoms with Crippen molar-refractivity contribution in [3.63, 3.8) is 0 Å². The molecule has 0 aromatic carbocycles. The van der Waals surface area contributed by atoms with Crippen LogP contribution in [-0.2, 0) is 6.54 Å². The van der Waals surface area contributed by atoms with Crippen LogP contribution in [0.15, 0.2) is 42.3 Å². The van der Waals surface area contributed by atoms with Gasteiger partial charge in [0.2, 0.25) is 0 Å². The van der Waals surface area contributed by atoms with Gasteiger partial charge in [-0.3, -0.25) is 4.98 Å². The standard InChI is InChI=1S/C15H17N5S/c1-2-5-16-14-10-18-12(9-19-14)11-20-7-6-17-15(20)13-4-3-8-21-13/h3-4,6-10H,2,5,11H2,1H3,(H,16,19). The highest BCUT2D eigenvalue weighted by atomic mass is 32.1. The average molecular weight is 299 g/mol. The summed E-state index contributed by atoms with van der Waals surface area (Å²) < 4.78 is 2.09. The molecular formula is C15H17N5S. The molecule has 3 rings (SSSR count). The molecule has 0 saturated heterocycles. The third-order valence-electron chi connectivity index (χ3n) is 3.05. The number of rotatable bonds is 6. The van der Waals surface area contributed by atoms with Crippen molar-refractivity contribution in [3.05, 3.63) is 48.0 Å². The van der Waals surface area contributed by atoms with Gasteiger partial charge in [-0.05, 0) is 17.9 Å². The third-order valence-corrected chi connectivity index (χ3v) is 3.92. The number of thiophene rings is 1. The van der Waals surface area contributed by atoms with E-state index in [-0.39, 0.29) is 0 Å². The van der Waals surface area contributed by atoms with Crippen molar-refractivity contribution in [2.24, 2.45) is 0 Å². The van der Waals surface area contributed by atoms with Crippen LogP contribution in [0.25, 0.3) is 10.7 Å². The lowest BCUT2D eigenvalue weighted by atomic mass is 10.4. The molecule has 0 aliphatic carbocycles. The zero-order chi connectivity index (χ0) is 14.5. The van der Waals surface area contributed by atoms with Crippen molar-refractivity contribution < 1.29 is 0 Å². The molecule has 0 fully saturated rings. The lowest BCUT2D eigenvalue weighted by molar-refractivity contribution is 0.776. The Bertz CT molecular complexity index is 672. The van der Waals surface area contributed by atoms with Crippen LogP contribution in [0.5, 0.6) is 0 Å². The second kappa shape index (κ2) is 6.49. The number of hydrogen-bond acceptors (Lipinski definition) is 5. The molecule has 3 aromatic rings. The van der Waals surface area contributed by atoms with Gasteiger partial charge < -0.3 is 9.88 Å². The van der Waals surface area contributed by atoms with Crippen molar-refractivity contribution in [1.29, 1.82) is 0 Å². The Morgan fingerprint density at radius 2 is 2.19 bits per heavy atom. The quantitative estimate of drug-likeness (QED) is 0.759. The Morgan fingerprint density at radius 1 is 1.24 bits per heavy atom. The van der Waals surface area contributed by atoms with Gasteiger partial charge in [-0.2, -0.15) is 0 Å². The number of nitrogens with one attached hydrogen (secondary N) is 1. The zero-order valence-corrected chi connectivity index (χ0v) is 12.7. The van der Waals surface area contributed by atoms with Gasteiger partial charge in [0.25, 0.3) is 0 Å². The summed E-state index contributed by atoms with van der Waals surface area (Å²) in [4.78, 5) is 14.4. The molecule has 1 N–H and O–H groups in total. The molecule has 3 heterocycles. The summed E-state index contributed by atoms with van der Waals surface area (Å²) in [5.41, 5.74) is 0.924. The first kappa shape index (κ1) is 13.8. The fourth-order valence-electron chi connectivity index (χ4n) is 2.02. The van der Waals surface area contributed by atoms with E-state index in [1.165, 1.54) is 0 Å². The first-order chi connectivity index (χ1) is 10.4. The van der Waals surface area contributed by atoms with Crippen LogP contribution in [-0.4, -0.2) is 26.1 Å². The van der Waals surface area contributed by atoms with Crippen molar-refractivity contribution in [2.75, 3.05) is 11.9 Å². The Morgan fingerprint density at radius 3 is 2.90 bits per heavy atom. The molecule has 0 bridgehead atoms. The zero-order valence-electron chi connectivity index (χ0n) is 11.9. The van der Waals surface area contributed by atoms with Crippen LogP contribution in [0.4, 0.5) is 5.82 Å². The summed E-state index contributed by atoms with van der Waals surface area (Å²) in [6.07, 6.45) is 8.46. The summed E-state index contributed by atoms with van der Waals surface area (Å²) in [7, 11) is 0. The molecule has 0 aliphatic rings. The van der Waals surface area contributed by atoms with E-state index < -0.39 is 0 Å². The second-order valence-corrected chi connectivity index (χ2v) is 5.62. The smallest absolute Gasteiger partial charge is 0.150 e. The third kappa shape index (κ3) is 3.28. The Balaban J connectivity index is 1.74. The normalized spacial score (nSPS) is 10.7. The van der Waals surface area contributed by atoms with Gasteiger partial charge in [0.15, 0.2) is 0 Å². The number of imidazole rings is 1. The molecule has 0 spiro atoms. The van der Waals surface area contributed by atoms with Crippen LogP contribution >= 0.6 is 11.3 Å². The minimum atomic E-state index is 0.675. The number of nitrogens with zero attached hydrogens (tertiary/aromatic N) is 4. The minimum absolute atomic E-state index is 0.675. The summed E-state index contributed by atoms with van der Waals surface area (Å²) in [6.45, 7) is 3.71. The predicted octanol–water partition coefficient (Wildman–Crippen LogP) is 3.27. The van der Waals surface area contributed by atoms with E-state index in [2.05, 4.69) is 43.2 Å². The molecule has 21 heavy (non-hydrogen) atoms. The highest BCUT2D eigenvalue weighted by Gasteiger charge is 2.08. The average Bonchev–Trinajstić information content (AvgIpc) is 3.17. The van der Waals surface area contributed by atoms with Gasteiger partial charge >= 0.3 is 0 Å². The predicted molar refractivity (Wildman–Crippen MR) is 85.5 cm³/mol. The highest BCUT2D eigenvalue weighted by Crippen LogP contribution is 2.23. The van der Waals surface area contributed by atoms with Gasteiger partial charge in [-0.1, -0.05) is 13.0 Å². The van der Waals surface area contributed by atoms with Gasteiger partial charge in [0.05, 0.1) is 29.5 Å². The first-order valence-corrected chi connectivity index (χ1v) is 7.84. The van der Waals surface area contributed by atoms with Gasteiger partial charge in [0, 0.05) is 18.9 Å². The fourth-order valence-corrected chi connectivity index (χ4v) is 2.76. The van der Waals surface area contributed by atoms with E-state index >= 15 is 0 Å². The Kier molecular flexibility index (Phi) is 4.25. The maximum atomic E-state index is 4.46. The highest BCUT2D eigenvalue weighted by molar-refractivity contribution is 7.13. The number of aromatic nitrogens is 4. The molecule has 0 radical (unpaired) electrons. The Hall–Kier alpha value is -2.21. The van der Waals surface area contributed by atoms with Crippen LogP contribution in [0, 0.1) is 0 Å². The summed E-state index contributed by atoms with van der Waals surface area (Å²) in [5, 5.41) is 5.28. The lowest BCUT2D eigenvalue weighted by Crippen LogP contribution is -2.06. The molecule has 0 aliphatic heterocycles. The Labute approximate surface area is 127 Å². The maximum absolute atomic E-state index is 4.46. The molecule has 0 unspecified atom stereocenters. The molecule has 5 nitrogen and oxygen atoms in total. The largest absolute Gasteiger partial charge is 0.369 e. The van der Waals surface area contributed by atoms with E-state index in [0.717, 1.165) is 35.2 Å². The van der Waals surface area contributed by atoms with Crippen LogP contribution in [0.1, 0.15) is 19.0 Å². The molecule has 108 valence electrons. The van der Waals surface area contributed by atoms with Crippen molar-refractivity contribution in [2.45, 2.75) is 19.9 Å². The second-order valence-electron chi connectivity index (χ2n) is 4.68. The molecule has 0 amide bonds. The molecular weight excluding hydrogens is 282 g/mol. The van der Waals surface area contributed by atoms with Crippen molar-refractivity contribution >= 4 is 17.2 Å². The lowest BCUT2D eigenvalue weighted by Gasteiger charge is -2.07. The minimum Gasteiger partial charge on any atom is -0.369 e. The van der Waals surface area contributed by atoms with Gasteiger partial charge in [-0.25, -0.2) is 9.97 Å². The van der Waals surface area contributed by atoms with Crippen molar-refractivity contribution in [3.8, 4) is 10.7 Å². The van der Waals surface area contributed by atoms with Crippen LogP contribution < -0.4 is 5.32 Å². The first-order valence-electron chi connectivity index (χ1n) is 6.96. The van der Waals surface area contributed by atoms with E-state index in [0.29, 0.717) is 6.54 Å². The summed E-state index contributed by atoms with van der Waals surface area (Å²) in [6, 6.07) is 4.11. The topological polar surface area (TPSA) is 55.6 Å². The van der Waals surface area contributed by atoms with Gasteiger partial charge in [0.1, 0.15) is 11.6 Å². The van der Waals surface area contributed by atoms with Crippen LogP contribution in [0.3, 0.4) is 0 Å². The van der Waals surface area contributed by atoms with Crippen LogP contribution in [0.2, 0.25) is 0 Å². The monoisotopic (exact) mass is 299 g/mol. The van der Waals surface area contributed by atoms with Crippen molar-refractivity contribution in [1.82, 2.24) is 19.5 Å². The summed E-state index contributed by atoms with van der Waals surface area (Å²) >= 11 is 1.69.